The fourth-order valence-corrected chi connectivity index (χ4v) is 4.11. The maximum atomic E-state index is 12.8. The average Bonchev–Trinajstić information content (AvgIpc) is 3.21. The SMILES string of the molecule is COc1ccc(N2C(=O)[C@H]3[C@H](C2=O)[C@H]2C=C[C@H]3C2)c(OC)c1. The summed E-state index contributed by atoms with van der Waals surface area (Å²) in [6, 6.07) is 5.14. The lowest BCUT2D eigenvalue weighted by Gasteiger charge is -2.20. The quantitative estimate of drug-likeness (QED) is 0.633. The number of benzene rings is 1. The van der Waals surface area contributed by atoms with Crippen LogP contribution in [0.3, 0.4) is 0 Å². The molecule has 0 N–H and O–H groups in total. The Morgan fingerprint density at radius 3 is 2.18 bits per heavy atom. The summed E-state index contributed by atoms with van der Waals surface area (Å²) in [5.74, 6) is 0.915. The first-order chi connectivity index (χ1) is 10.7. The molecule has 1 heterocycles. The van der Waals surface area contributed by atoms with Crippen LogP contribution in [0.5, 0.6) is 11.5 Å². The van der Waals surface area contributed by atoms with Gasteiger partial charge >= 0.3 is 0 Å². The highest BCUT2D eigenvalue weighted by Gasteiger charge is 2.59. The predicted octanol–water partition coefficient (Wildman–Crippen LogP) is 2.02. The molecule has 0 radical (unpaired) electrons. The monoisotopic (exact) mass is 299 g/mol. The number of carbonyl (C=O) groups is 2. The van der Waals surface area contributed by atoms with E-state index in [0.29, 0.717) is 17.2 Å². The van der Waals surface area contributed by atoms with E-state index in [2.05, 4.69) is 12.2 Å². The molecule has 2 bridgehead atoms. The van der Waals surface area contributed by atoms with Crippen molar-refractivity contribution >= 4 is 17.5 Å². The minimum Gasteiger partial charge on any atom is -0.497 e. The van der Waals surface area contributed by atoms with Crippen molar-refractivity contribution in [1.82, 2.24) is 0 Å². The molecule has 5 nitrogen and oxygen atoms in total. The lowest BCUT2D eigenvalue weighted by molar-refractivity contribution is -0.123. The highest BCUT2D eigenvalue weighted by molar-refractivity contribution is 6.23. The maximum Gasteiger partial charge on any atom is 0.238 e. The summed E-state index contributed by atoms with van der Waals surface area (Å²) in [7, 11) is 3.09. The van der Waals surface area contributed by atoms with Crippen LogP contribution in [0.15, 0.2) is 30.4 Å². The molecule has 0 unspecified atom stereocenters. The number of fused-ring (bicyclic) bond motifs is 5. The van der Waals surface area contributed by atoms with Crippen molar-refractivity contribution in [2.24, 2.45) is 23.7 Å². The van der Waals surface area contributed by atoms with Gasteiger partial charge in [0, 0.05) is 6.07 Å². The number of anilines is 1. The lowest BCUT2D eigenvalue weighted by atomic mass is 9.85. The van der Waals surface area contributed by atoms with Crippen LogP contribution in [0.4, 0.5) is 5.69 Å². The fraction of sp³-hybridized carbons (Fsp3) is 0.412. The Bertz CT molecular complexity index is 666. The number of allylic oxidation sites excluding steroid dienone is 2. The molecule has 1 aromatic rings. The Kier molecular flexibility index (Phi) is 2.79. The number of amides is 2. The van der Waals surface area contributed by atoms with E-state index in [1.807, 2.05) is 0 Å². The topological polar surface area (TPSA) is 55.8 Å². The molecule has 114 valence electrons. The van der Waals surface area contributed by atoms with Gasteiger partial charge in [0.25, 0.3) is 0 Å². The normalized spacial score (nSPS) is 31.8. The second-order valence-corrected chi connectivity index (χ2v) is 6.05. The highest BCUT2D eigenvalue weighted by atomic mass is 16.5. The van der Waals surface area contributed by atoms with Gasteiger partial charge in [-0.15, -0.1) is 0 Å². The Morgan fingerprint density at radius 2 is 1.64 bits per heavy atom. The number of nitrogens with zero attached hydrogens (tertiary/aromatic N) is 1. The molecule has 2 aliphatic carbocycles. The van der Waals surface area contributed by atoms with E-state index in [9.17, 15) is 9.59 Å². The second kappa shape index (κ2) is 4.60. The van der Waals surface area contributed by atoms with Crippen LogP contribution in [0, 0.1) is 23.7 Å². The molecule has 2 fully saturated rings. The van der Waals surface area contributed by atoms with E-state index in [4.69, 9.17) is 9.47 Å². The molecule has 1 saturated carbocycles. The van der Waals surface area contributed by atoms with E-state index in [1.54, 1.807) is 25.3 Å². The van der Waals surface area contributed by atoms with Crippen molar-refractivity contribution in [3.63, 3.8) is 0 Å². The summed E-state index contributed by atoms with van der Waals surface area (Å²) in [6.45, 7) is 0. The van der Waals surface area contributed by atoms with Crippen molar-refractivity contribution in [3.05, 3.63) is 30.4 Å². The number of hydrogen-bond donors (Lipinski definition) is 0. The van der Waals surface area contributed by atoms with Crippen molar-refractivity contribution in [2.45, 2.75) is 6.42 Å². The first-order valence-electron chi connectivity index (χ1n) is 7.44. The molecule has 4 atom stereocenters. The van der Waals surface area contributed by atoms with Crippen molar-refractivity contribution in [1.29, 1.82) is 0 Å². The van der Waals surface area contributed by atoms with Crippen LogP contribution >= 0.6 is 0 Å². The zero-order valence-corrected chi connectivity index (χ0v) is 12.5. The van der Waals surface area contributed by atoms with E-state index in [0.717, 1.165) is 6.42 Å². The number of methoxy groups -OCH3 is 2. The van der Waals surface area contributed by atoms with E-state index < -0.39 is 0 Å². The summed E-state index contributed by atoms with van der Waals surface area (Å²) >= 11 is 0. The zero-order valence-electron chi connectivity index (χ0n) is 12.5. The molecule has 0 aromatic heterocycles. The van der Waals surface area contributed by atoms with Gasteiger partial charge in [0.2, 0.25) is 11.8 Å². The minimum absolute atomic E-state index is 0.102. The van der Waals surface area contributed by atoms with Crippen LogP contribution in [-0.2, 0) is 9.59 Å². The number of hydrogen-bond acceptors (Lipinski definition) is 4. The third kappa shape index (κ3) is 1.59. The lowest BCUT2D eigenvalue weighted by Crippen LogP contribution is -2.33. The van der Waals surface area contributed by atoms with Gasteiger partial charge in [-0.2, -0.15) is 0 Å². The average molecular weight is 299 g/mol. The molecule has 4 rings (SSSR count). The van der Waals surface area contributed by atoms with E-state index >= 15 is 0 Å². The molecule has 1 saturated heterocycles. The smallest absolute Gasteiger partial charge is 0.238 e. The summed E-state index contributed by atoms with van der Waals surface area (Å²) in [5, 5.41) is 0. The van der Waals surface area contributed by atoms with Gasteiger partial charge in [-0.1, -0.05) is 12.2 Å². The molecular weight excluding hydrogens is 282 g/mol. The van der Waals surface area contributed by atoms with E-state index in [-0.39, 0.29) is 35.5 Å². The van der Waals surface area contributed by atoms with Gasteiger partial charge < -0.3 is 9.47 Å². The minimum atomic E-state index is -0.200. The van der Waals surface area contributed by atoms with Gasteiger partial charge in [-0.25, -0.2) is 4.90 Å². The number of ether oxygens (including phenoxy) is 2. The van der Waals surface area contributed by atoms with Crippen molar-refractivity contribution in [3.8, 4) is 11.5 Å². The predicted molar refractivity (Wildman–Crippen MR) is 79.8 cm³/mol. The third-order valence-corrected chi connectivity index (χ3v) is 5.10. The molecule has 1 aliphatic heterocycles. The van der Waals surface area contributed by atoms with Gasteiger partial charge in [-0.3, -0.25) is 9.59 Å². The standard InChI is InChI=1S/C17H17NO4/c1-21-11-5-6-12(13(8-11)22-2)18-16(19)14-9-3-4-10(7-9)15(14)17(18)20/h3-6,8-10,14-15H,7H2,1-2H3/t9-,10-,14+,15+/m0/s1. The fourth-order valence-electron chi connectivity index (χ4n) is 4.11. The first-order valence-corrected chi connectivity index (χ1v) is 7.44. The van der Waals surface area contributed by atoms with Crippen LogP contribution < -0.4 is 14.4 Å². The molecule has 2 amide bonds. The zero-order chi connectivity index (χ0) is 15.4. The third-order valence-electron chi connectivity index (χ3n) is 5.10. The largest absolute Gasteiger partial charge is 0.497 e. The Balaban J connectivity index is 1.75. The van der Waals surface area contributed by atoms with Crippen LogP contribution in [0.2, 0.25) is 0 Å². The van der Waals surface area contributed by atoms with Gasteiger partial charge in [-0.05, 0) is 30.4 Å². The summed E-state index contributed by atoms with van der Waals surface area (Å²) in [4.78, 5) is 26.9. The molecule has 0 spiro atoms. The van der Waals surface area contributed by atoms with Crippen LogP contribution in [-0.4, -0.2) is 26.0 Å². The summed E-state index contributed by atoms with van der Waals surface area (Å²) in [6.07, 6.45) is 5.11. The summed E-state index contributed by atoms with van der Waals surface area (Å²) in [5.41, 5.74) is 0.507. The van der Waals surface area contributed by atoms with Gasteiger partial charge in [0.1, 0.15) is 11.5 Å². The van der Waals surface area contributed by atoms with Crippen LogP contribution in [0.1, 0.15) is 6.42 Å². The Labute approximate surface area is 128 Å². The van der Waals surface area contributed by atoms with Crippen LogP contribution in [0.25, 0.3) is 0 Å². The maximum absolute atomic E-state index is 12.8. The number of imide groups is 1. The number of rotatable bonds is 3. The Hall–Kier alpha value is -2.30. The second-order valence-electron chi connectivity index (χ2n) is 6.05. The first kappa shape index (κ1) is 13.4. The summed E-state index contributed by atoms with van der Waals surface area (Å²) < 4.78 is 10.5. The molecule has 5 heteroatoms. The molecule has 3 aliphatic rings. The van der Waals surface area contributed by atoms with Gasteiger partial charge in [0.15, 0.2) is 0 Å². The molecule has 1 aromatic carbocycles. The molecular formula is C17H17NO4. The Morgan fingerprint density at radius 1 is 1.00 bits per heavy atom. The number of carbonyl (C=O) groups excluding carboxylic acids is 2. The molecule has 22 heavy (non-hydrogen) atoms. The van der Waals surface area contributed by atoms with E-state index in [1.165, 1.54) is 12.0 Å². The van der Waals surface area contributed by atoms with Gasteiger partial charge in [0.05, 0.1) is 31.7 Å². The van der Waals surface area contributed by atoms with Crippen molar-refractivity contribution < 1.29 is 19.1 Å². The highest BCUT2D eigenvalue weighted by Crippen LogP contribution is 2.54. The van der Waals surface area contributed by atoms with Crippen molar-refractivity contribution in [2.75, 3.05) is 19.1 Å².